The van der Waals surface area contributed by atoms with Gasteiger partial charge >= 0.3 is 6.09 Å². The van der Waals surface area contributed by atoms with E-state index in [1.54, 1.807) is 25.3 Å². The molecule has 0 unspecified atom stereocenters. The van der Waals surface area contributed by atoms with Crippen LogP contribution in [0.5, 0.6) is 17.2 Å². The zero-order valence-corrected chi connectivity index (χ0v) is 13.1. The largest absolute Gasteiger partial charge is 0.497 e. The number of anilines is 1. The van der Waals surface area contributed by atoms with Gasteiger partial charge in [0.05, 0.1) is 19.9 Å². The number of rotatable bonds is 4. The lowest BCUT2D eigenvalue weighted by Crippen LogP contribution is -2.18. The van der Waals surface area contributed by atoms with Crippen LogP contribution in [0.2, 0.25) is 0 Å². The van der Waals surface area contributed by atoms with E-state index < -0.39 is 6.09 Å². The Labute approximate surface area is 129 Å². The predicted octanol–water partition coefficient (Wildman–Crippen LogP) is 3.93. The number of carbonyl (C=O) groups excluding carboxylic acids is 1. The molecular formula is C17H19NO4. The number of nitrogens with one attached hydrogen (secondary N) is 1. The van der Waals surface area contributed by atoms with E-state index in [0.717, 1.165) is 11.1 Å². The van der Waals surface area contributed by atoms with Gasteiger partial charge in [0, 0.05) is 6.07 Å². The van der Waals surface area contributed by atoms with Gasteiger partial charge in [0.15, 0.2) is 0 Å². The molecule has 5 heteroatoms. The van der Waals surface area contributed by atoms with Crippen LogP contribution in [0, 0.1) is 13.8 Å². The molecule has 0 atom stereocenters. The van der Waals surface area contributed by atoms with Gasteiger partial charge in [0.1, 0.15) is 17.2 Å². The second kappa shape index (κ2) is 6.85. The maximum absolute atomic E-state index is 12.1. The minimum absolute atomic E-state index is 0.498. The Morgan fingerprint density at radius 3 is 2.27 bits per heavy atom. The molecule has 2 aromatic rings. The molecule has 2 aromatic carbocycles. The minimum atomic E-state index is -0.569. The molecule has 0 saturated heterocycles. The summed E-state index contributed by atoms with van der Waals surface area (Å²) in [5, 5.41) is 2.67. The fraction of sp³-hybridized carbons (Fsp3) is 0.235. The third kappa shape index (κ3) is 3.49. The highest BCUT2D eigenvalue weighted by Gasteiger charge is 2.13. The molecule has 22 heavy (non-hydrogen) atoms. The second-order valence-corrected chi connectivity index (χ2v) is 4.80. The average Bonchev–Trinajstić information content (AvgIpc) is 2.51. The van der Waals surface area contributed by atoms with Crippen LogP contribution in [0.4, 0.5) is 10.5 Å². The zero-order chi connectivity index (χ0) is 16.1. The minimum Gasteiger partial charge on any atom is -0.497 e. The lowest BCUT2D eigenvalue weighted by molar-refractivity contribution is 0.214. The van der Waals surface area contributed by atoms with Crippen LogP contribution in [0.3, 0.4) is 0 Å². The normalized spacial score (nSPS) is 10.0. The van der Waals surface area contributed by atoms with Gasteiger partial charge in [-0.15, -0.1) is 0 Å². The molecule has 5 nitrogen and oxygen atoms in total. The Kier molecular flexibility index (Phi) is 4.88. The van der Waals surface area contributed by atoms with E-state index in [2.05, 4.69) is 5.32 Å². The van der Waals surface area contributed by atoms with Crippen LogP contribution in [-0.4, -0.2) is 20.3 Å². The van der Waals surface area contributed by atoms with E-state index in [9.17, 15) is 4.79 Å². The summed E-state index contributed by atoms with van der Waals surface area (Å²) in [6.07, 6.45) is -0.569. The molecule has 0 bridgehead atoms. The predicted molar refractivity (Wildman–Crippen MR) is 85.1 cm³/mol. The molecule has 0 aliphatic rings. The SMILES string of the molecule is COc1ccc(NC(=O)Oc2c(C)cccc2C)c(OC)c1. The summed E-state index contributed by atoms with van der Waals surface area (Å²) in [6, 6.07) is 10.8. The first-order valence-electron chi connectivity index (χ1n) is 6.82. The number of aryl methyl sites for hydroxylation is 2. The van der Waals surface area contributed by atoms with Gasteiger partial charge in [-0.2, -0.15) is 0 Å². The van der Waals surface area contributed by atoms with E-state index in [0.29, 0.717) is 22.9 Å². The molecule has 2 rings (SSSR count). The van der Waals surface area contributed by atoms with Gasteiger partial charge in [-0.3, -0.25) is 5.32 Å². The molecule has 0 aliphatic carbocycles. The van der Waals surface area contributed by atoms with Crippen molar-refractivity contribution in [2.75, 3.05) is 19.5 Å². The van der Waals surface area contributed by atoms with E-state index in [1.807, 2.05) is 32.0 Å². The Morgan fingerprint density at radius 2 is 1.68 bits per heavy atom. The zero-order valence-electron chi connectivity index (χ0n) is 13.1. The van der Waals surface area contributed by atoms with Crippen molar-refractivity contribution in [3.63, 3.8) is 0 Å². The smallest absolute Gasteiger partial charge is 0.417 e. The van der Waals surface area contributed by atoms with Crippen LogP contribution in [0.15, 0.2) is 36.4 Å². The third-order valence-corrected chi connectivity index (χ3v) is 3.25. The molecule has 1 amide bonds. The van der Waals surface area contributed by atoms with Crippen molar-refractivity contribution in [2.45, 2.75) is 13.8 Å². The lowest BCUT2D eigenvalue weighted by Gasteiger charge is -2.13. The third-order valence-electron chi connectivity index (χ3n) is 3.25. The van der Waals surface area contributed by atoms with Crippen LogP contribution < -0.4 is 19.5 Å². The van der Waals surface area contributed by atoms with Crippen LogP contribution in [-0.2, 0) is 0 Å². The number of hydrogen-bond acceptors (Lipinski definition) is 4. The lowest BCUT2D eigenvalue weighted by atomic mass is 10.1. The van der Waals surface area contributed by atoms with Crippen molar-refractivity contribution in [1.82, 2.24) is 0 Å². The van der Waals surface area contributed by atoms with Gasteiger partial charge in [0.2, 0.25) is 0 Å². The topological polar surface area (TPSA) is 56.8 Å². The summed E-state index contributed by atoms with van der Waals surface area (Å²) in [5.74, 6) is 1.70. The number of hydrogen-bond donors (Lipinski definition) is 1. The summed E-state index contributed by atoms with van der Waals surface area (Å²) >= 11 is 0. The van der Waals surface area contributed by atoms with Crippen LogP contribution >= 0.6 is 0 Å². The summed E-state index contributed by atoms with van der Waals surface area (Å²) in [5.41, 5.74) is 2.31. The Bertz CT molecular complexity index is 662. The first-order valence-corrected chi connectivity index (χ1v) is 6.82. The number of benzene rings is 2. The molecular weight excluding hydrogens is 282 g/mol. The Morgan fingerprint density at radius 1 is 1.00 bits per heavy atom. The first kappa shape index (κ1) is 15.7. The Hall–Kier alpha value is -2.69. The summed E-state index contributed by atoms with van der Waals surface area (Å²) < 4.78 is 15.8. The van der Waals surface area contributed by atoms with E-state index in [4.69, 9.17) is 14.2 Å². The molecule has 0 heterocycles. The molecule has 0 fully saturated rings. The number of amides is 1. The van der Waals surface area contributed by atoms with Crippen molar-refractivity contribution >= 4 is 11.8 Å². The van der Waals surface area contributed by atoms with E-state index in [-0.39, 0.29) is 0 Å². The highest BCUT2D eigenvalue weighted by Crippen LogP contribution is 2.29. The average molecular weight is 301 g/mol. The van der Waals surface area contributed by atoms with Gasteiger partial charge in [0.25, 0.3) is 0 Å². The molecule has 0 radical (unpaired) electrons. The fourth-order valence-corrected chi connectivity index (χ4v) is 2.09. The van der Waals surface area contributed by atoms with Gasteiger partial charge in [-0.05, 0) is 37.1 Å². The van der Waals surface area contributed by atoms with E-state index >= 15 is 0 Å². The number of para-hydroxylation sites is 1. The molecule has 0 aliphatic heterocycles. The number of ether oxygens (including phenoxy) is 3. The summed E-state index contributed by atoms with van der Waals surface area (Å²) in [4.78, 5) is 12.1. The van der Waals surface area contributed by atoms with Crippen molar-refractivity contribution in [3.05, 3.63) is 47.5 Å². The second-order valence-electron chi connectivity index (χ2n) is 4.80. The number of carbonyl (C=O) groups is 1. The van der Waals surface area contributed by atoms with Crippen LogP contribution in [0.1, 0.15) is 11.1 Å². The summed E-state index contributed by atoms with van der Waals surface area (Å²) in [6.45, 7) is 3.78. The van der Waals surface area contributed by atoms with Gasteiger partial charge in [-0.25, -0.2) is 4.79 Å². The fourth-order valence-electron chi connectivity index (χ4n) is 2.09. The maximum Gasteiger partial charge on any atom is 0.417 e. The molecule has 0 spiro atoms. The van der Waals surface area contributed by atoms with Gasteiger partial charge in [-0.1, -0.05) is 18.2 Å². The van der Waals surface area contributed by atoms with Crippen molar-refractivity contribution in [2.24, 2.45) is 0 Å². The van der Waals surface area contributed by atoms with E-state index in [1.165, 1.54) is 7.11 Å². The van der Waals surface area contributed by atoms with Crippen molar-refractivity contribution in [1.29, 1.82) is 0 Å². The first-order chi connectivity index (χ1) is 10.5. The Balaban J connectivity index is 2.16. The van der Waals surface area contributed by atoms with Crippen molar-refractivity contribution < 1.29 is 19.0 Å². The molecule has 0 saturated carbocycles. The summed E-state index contributed by atoms with van der Waals surface area (Å²) in [7, 11) is 3.09. The quantitative estimate of drug-likeness (QED) is 0.929. The standard InChI is InChI=1S/C17H19NO4/c1-11-6-5-7-12(2)16(11)22-17(19)18-14-9-8-13(20-3)10-15(14)21-4/h5-10H,1-4H3,(H,18,19). The monoisotopic (exact) mass is 301 g/mol. The van der Waals surface area contributed by atoms with Crippen LogP contribution in [0.25, 0.3) is 0 Å². The molecule has 0 aromatic heterocycles. The van der Waals surface area contributed by atoms with Gasteiger partial charge < -0.3 is 14.2 Å². The number of methoxy groups -OCH3 is 2. The van der Waals surface area contributed by atoms with Crippen molar-refractivity contribution in [3.8, 4) is 17.2 Å². The highest BCUT2D eigenvalue weighted by molar-refractivity contribution is 5.88. The highest BCUT2D eigenvalue weighted by atomic mass is 16.6. The maximum atomic E-state index is 12.1. The molecule has 116 valence electrons. The molecule has 1 N–H and O–H groups in total.